The SMILES string of the molecule is COc1ccc(C2C(C)C(C(=O)NN3C=CCCC3)=NN2c2ccccc2Cl)cc1. The topological polar surface area (TPSA) is 57.2 Å². The van der Waals surface area contributed by atoms with Gasteiger partial charge in [-0.1, -0.05) is 48.9 Å². The highest BCUT2D eigenvalue weighted by atomic mass is 35.5. The number of amides is 1. The summed E-state index contributed by atoms with van der Waals surface area (Å²) in [5.74, 6) is 0.454. The van der Waals surface area contributed by atoms with E-state index >= 15 is 0 Å². The van der Waals surface area contributed by atoms with Gasteiger partial charge in [0.1, 0.15) is 11.5 Å². The van der Waals surface area contributed by atoms with Crippen molar-refractivity contribution in [1.82, 2.24) is 10.4 Å². The van der Waals surface area contributed by atoms with Crippen LogP contribution in [-0.2, 0) is 4.79 Å². The van der Waals surface area contributed by atoms with E-state index in [9.17, 15) is 4.79 Å². The van der Waals surface area contributed by atoms with Gasteiger partial charge in [0, 0.05) is 18.7 Å². The van der Waals surface area contributed by atoms with Crippen molar-refractivity contribution in [2.45, 2.75) is 25.8 Å². The van der Waals surface area contributed by atoms with Gasteiger partial charge in [0.05, 0.1) is 23.9 Å². The molecule has 2 heterocycles. The van der Waals surface area contributed by atoms with E-state index in [4.69, 9.17) is 21.4 Å². The molecule has 0 saturated heterocycles. The second-order valence-corrected chi connectivity index (χ2v) is 7.86. The molecule has 0 aromatic heterocycles. The van der Waals surface area contributed by atoms with E-state index in [1.54, 1.807) is 7.11 Å². The van der Waals surface area contributed by atoms with Gasteiger partial charge in [-0.15, -0.1) is 0 Å². The number of allylic oxidation sites excluding steroid dienone is 1. The number of ether oxygens (including phenoxy) is 1. The number of methoxy groups -OCH3 is 1. The fourth-order valence-corrected chi connectivity index (χ4v) is 4.11. The standard InChI is InChI=1S/C23H25ClN4O2/c1-16-21(23(29)26-27-14-6-3-7-15-27)25-28(20-9-5-4-8-19(20)24)22(16)17-10-12-18(30-2)13-11-17/h4-6,8-14,16,22H,3,7,15H2,1-2H3,(H,26,29). The van der Waals surface area contributed by atoms with Crippen molar-refractivity contribution < 1.29 is 9.53 Å². The first-order chi connectivity index (χ1) is 14.6. The molecule has 0 radical (unpaired) electrons. The number of hydrazine groups is 1. The zero-order valence-corrected chi connectivity index (χ0v) is 17.8. The molecule has 1 amide bonds. The number of para-hydroxylation sites is 1. The van der Waals surface area contributed by atoms with Gasteiger partial charge >= 0.3 is 0 Å². The summed E-state index contributed by atoms with van der Waals surface area (Å²) in [6.07, 6.45) is 6.01. The number of benzene rings is 2. The molecule has 0 spiro atoms. The van der Waals surface area contributed by atoms with E-state index in [1.165, 1.54) is 0 Å². The Kier molecular flexibility index (Phi) is 5.95. The molecule has 30 heavy (non-hydrogen) atoms. The van der Waals surface area contributed by atoms with Crippen molar-refractivity contribution in [3.05, 3.63) is 71.4 Å². The third-order valence-corrected chi connectivity index (χ3v) is 5.79. The summed E-state index contributed by atoms with van der Waals surface area (Å²) in [6.45, 7) is 2.82. The van der Waals surface area contributed by atoms with E-state index in [2.05, 4.69) is 11.5 Å². The lowest BCUT2D eigenvalue weighted by atomic mass is 9.91. The summed E-state index contributed by atoms with van der Waals surface area (Å²) < 4.78 is 5.29. The second kappa shape index (κ2) is 8.79. The molecule has 0 bridgehead atoms. The van der Waals surface area contributed by atoms with Crippen molar-refractivity contribution in [2.75, 3.05) is 18.7 Å². The Hall–Kier alpha value is -2.99. The quantitative estimate of drug-likeness (QED) is 0.765. The molecule has 6 nitrogen and oxygen atoms in total. The zero-order chi connectivity index (χ0) is 21.1. The maximum atomic E-state index is 13.1. The van der Waals surface area contributed by atoms with Crippen molar-refractivity contribution in [3.63, 3.8) is 0 Å². The van der Waals surface area contributed by atoms with E-state index < -0.39 is 0 Å². The molecule has 2 aliphatic heterocycles. The fourth-order valence-electron chi connectivity index (χ4n) is 3.89. The Balaban J connectivity index is 1.68. The Morgan fingerprint density at radius 1 is 1.20 bits per heavy atom. The number of hydrogen-bond acceptors (Lipinski definition) is 5. The normalized spacial score (nSPS) is 20.8. The highest BCUT2D eigenvalue weighted by Gasteiger charge is 2.40. The van der Waals surface area contributed by atoms with E-state index in [0.29, 0.717) is 10.7 Å². The molecular weight excluding hydrogens is 400 g/mol. The Morgan fingerprint density at radius 2 is 1.97 bits per heavy atom. The first-order valence-electron chi connectivity index (χ1n) is 10.1. The van der Waals surface area contributed by atoms with Crippen LogP contribution in [0.3, 0.4) is 0 Å². The molecule has 2 aromatic carbocycles. The lowest BCUT2D eigenvalue weighted by Crippen LogP contribution is -2.44. The first kappa shape index (κ1) is 20.3. The average molecular weight is 425 g/mol. The number of hydrogen-bond donors (Lipinski definition) is 1. The zero-order valence-electron chi connectivity index (χ0n) is 17.1. The minimum absolute atomic E-state index is 0.136. The van der Waals surface area contributed by atoms with Crippen LogP contribution in [0.15, 0.2) is 65.9 Å². The lowest BCUT2D eigenvalue weighted by Gasteiger charge is -2.28. The van der Waals surface area contributed by atoms with Gasteiger partial charge < -0.3 is 4.74 Å². The maximum absolute atomic E-state index is 13.1. The molecule has 0 saturated carbocycles. The van der Waals surface area contributed by atoms with Crippen molar-refractivity contribution >= 4 is 28.9 Å². The third kappa shape index (κ3) is 4.00. The molecule has 0 aliphatic carbocycles. The number of carbonyl (C=O) groups excluding carboxylic acids is 1. The second-order valence-electron chi connectivity index (χ2n) is 7.45. The molecular formula is C23H25ClN4O2. The van der Waals surface area contributed by atoms with Crippen LogP contribution in [0.5, 0.6) is 5.75 Å². The minimum atomic E-state index is -0.192. The van der Waals surface area contributed by atoms with Crippen LogP contribution in [0.1, 0.15) is 31.4 Å². The van der Waals surface area contributed by atoms with Gasteiger partial charge in [0.25, 0.3) is 5.91 Å². The predicted octanol–water partition coefficient (Wildman–Crippen LogP) is 4.54. The van der Waals surface area contributed by atoms with Gasteiger partial charge in [0.2, 0.25) is 0 Å². The molecule has 1 N–H and O–H groups in total. The molecule has 7 heteroatoms. The molecule has 2 aliphatic rings. The molecule has 156 valence electrons. The van der Waals surface area contributed by atoms with Crippen LogP contribution in [0, 0.1) is 5.92 Å². The summed E-state index contributed by atoms with van der Waals surface area (Å²) in [5, 5.41) is 9.01. The lowest BCUT2D eigenvalue weighted by molar-refractivity contribution is -0.118. The smallest absolute Gasteiger partial charge is 0.286 e. The average Bonchev–Trinajstić information content (AvgIpc) is 3.12. The molecule has 0 fully saturated rings. The van der Waals surface area contributed by atoms with Gasteiger partial charge in [-0.25, -0.2) is 0 Å². The van der Waals surface area contributed by atoms with E-state index in [0.717, 1.165) is 36.4 Å². The summed E-state index contributed by atoms with van der Waals surface area (Å²) in [5.41, 5.74) is 5.25. The van der Waals surface area contributed by atoms with Gasteiger partial charge in [-0.2, -0.15) is 5.10 Å². The number of hydrazone groups is 1. The number of nitrogens with zero attached hydrogens (tertiary/aromatic N) is 3. The first-order valence-corrected chi connectivity index (χ1v) is 10.5. The van der Waals surface area contributed by atoms with Crippen LogP contribution >= 0.6 is 11.6 Å². The minimum Gasteiger partial charge on any atom is -0.497 e. The number of nitrogens with one attached hydrogen (secondary N) is 1. The highest BCUT2D eigenvalue weighted by molar-refractivity contribution is 6.40. The maximum Gasteiger partial charge on any atom is 0.286 e. The van der Waals surface area contributed by atoms with Crippen LogP contribution in [0.4, 0.5) is 5.69 Å². The van der Waals surface area contributed by atoms with Crippen LogP contribution < -0.4 is 15.2 Å². The summed E-state index contributed by atoms with van der Waals surface area (Å²) in [7, 11) is 1.64. The van der Waals surface area contributed by atoms with Crippen LogP contribution in [0.25, 0.3) is 0 Å². The summed E-state index contributed by atoms with van der Waals surface area (Å²) >= 11 is 6.49. The number of carbonyl (C=O) groups is 1. The molecule has 2 aromatic rings. The van der Waals surface area contributed by atoms with Crippen LogP contribution in [-0.4, -0.2) is 30.3 Å². The molecule has 2 atom stereocenters. The number of anilines is 1. The highest BCUT2D eigenvalue weighted by Crippen LogP contribution is 2.41. The summed E-state index contributed by atoms with van der Waals surface area (Å²) in [4.78, 5) is 13.1. The molecule has 2 unspecified atom stereocenters. The van der Waals surface area contributed by atoms with E-state index in [-0.39, 0.29) is 17.9 Å². The number of rotatable bonds is 5. The van der Waals surface area contributed by atoms with Crippen LogP contribution in [0.2, 0.25) is 5.02 Å². The number of halogens is 1. The van der Waals surface area contributed by atoms with Gasteiger partial charge in [0.15, 0.2) is 0 Å². The Morgan fingerprint density at radius 3 is 2.63 bits per heavy atom. The fraction of sp³-hybridized carbons (Fsp3) is 0.304. The van der Waals surface area contributed by atoms with Gasteiger partial charge in [-0.05, 0) is 42.7 Å². The van der Waals surface area contributed by atoms with Gasteiger partial charge in [-0.3, -0.25) is 20.2 Å². The Bertz CT molecular complexity index is 973. The van der Waals surface area contributed by atoms with Crippen molar-refractivity contribution in [2.24, 2.45) is 11.0 Å². The predicted molar refractivity (Wildman–Crippen MR) is 119 cm³/mol. The third-order valence-electron chi connectivity index (χ3n) is 5.47. The molecule has 4 rings (SSSR count). The Labute approximate surface area is 181 Å². The van der Waals surface area contributed by atoms with Crippen molar-refractivity contribution in [3.8, 4) is 5.75 Å². The summed E-state index contributed by atoms with van der Waals surface area (Å²) in [6, 6.07) is 15.3. The monoisotopic (exact) mass is 424 g/mol. The van der Waals surface area contributed by atoms with E-state index in [1.807, 2.05) is 71.7 Å². The largest absolute Gasteiger partial charge is 0.497 e. The van der Waals surface area contributed by atoms with Crippen molar-refractivity contribution in [1.29, 1.82) is 0 Å².